The van der Waals surface area contributed by atoms with E-state index in [2.05, 4.69) is 37.2 Å². The molecule has 0 bridgehead atoms. The van der Waals surface area contributed by atoms with Crippen molar-refractivity contribution in [2.45, 2.75) is 19.3 Å². The van der Waals surface area contributed by atoms with Crippen LogP contribution in [0.4, 0.5) is 0 Å². The lowest BCUT2D eigenvalue weighted by Gasteiger charge is -2.14. The predicted molar refractivity (Wildman–Crippen MR) is 81.6 cm³/mol. The number of nitrogens with one attached hydrogen (secondary N) is 1. The average Bonchev–Trinajstić information content (AvgIpc) is 3.11. The van der Waals surface area contributed by atoms with E-state index in [0.717, 1.165) is 22.8 Å². The fourth-order valence-electron chi connectivity index (χ4n) is 1.90. The molecule has 2 rings (SSSR count). The zero-order valence-corrected chi connectivity index (χ0v) is 13.7. The lowest BCUT2D eigenvalue weighted by atomic mass is 10.0. The van der Waals surface area contributed by atoms with Crippen LogP contribution in [-0.2, 0) is 0 Å². The van der Waals surface area contributed by atoms with Crippen LogP contribution in [0.5, 0.6) is 0 Å². The summed E-state index contributed by atoms with van der Waals surface area (Å²) in [5, 5.41) is 4.55. The Bertz CT molecular complexity index is 460. The molecule has 2 nitrogen and oxygen atoms in total. The molecule has 0 unspecified atom stereocenters. The second kappa shape index (κ2) is 5.93. The first-order valence-corrected chi connectivity index (χ1v) is 8.15. The Labute approximate surface area is 129 Å². The smallest absolute Gasteiger partial charge is 0.251 e. The van der Waals surface area contributed by atoms with Crippen molar-refractivity contribution < 1.29 is 4.79 Å². The van der Waals surface area contributed by atoms with Crippen LogP contribution < -0.4 is 5.32 Å². The highest BCUT2D eigenvalue weighted by molar-refractivity contribution is 9.10. The number of benzene rings is 1. The van der Waals surface area contributed by atoms with Gasteiger partial charge in [-0.05, 0) is 58.8 Å². The Morgan fingerprint density at radius 2 is 2.17 bits per heavy atom. The number of halogens is 3. The van der Waals surface area contributed by atoms with Gasteiger partial charge in [0.05, 0.1) is 5.02 Å². The molecule has 0 aromatic heterocycles. The lowest BCUT2D eigenvalue weighted by Crippen LogP contribution is -2.30. The summed E-state index contributed by atoms with van der Waals surface area (Å²) in [6.45, 7) is 0.755. The monoisotopic (exact) mass is 393 g/mol. The molecule has 1 saturated carbocycles. The third-order valence-corrected chi connectivity index (χ3v) is 5.02. The van der Waals surface area contributed by atoms with Gasteiger partial charge in [-0.25, -0.2) is 0 Å². The Balaban J connectivity index is 1.93. The van der Waals surface area contributed by atoms with Crippen molar-refractivity contribution in [1.29, 1.82) is 0 Å². The van der Waals surface area contributed by atoms with Crippen LogP contribution in [-0.4, -0.2) is 17.8 Å². The van der Waals surface area contributed by atoms with Crippen LogP contribution in [0.2, 0.25) is 5.02 Å². The number of carbonyl (C=O) groups excluding carboxylic acids is 1. The number of rotatable bonds is 5. The van der Waals surface area contributed by atoms with Gasteiger partial charge in [0.25, 0.3) is 5.91 Å². The van der Waals surface area contributed by atoms with E-state index in [1.807, 2.05) is 0 Å². The molecule has 0 aliphatic heterocycles. The number of hydrogen-bond donors (Lipinski definition) is 1. The van der Waals surface area contributed by atoms with E-state index in [1.54, 1.807) is 18.2 Å². The van der Waals surface area contributed by atoms with Gasteiger partial charge in [0.15, 0.2) is 0 Å². The summed E-state index contributed by atoms with van der Waals surface area (Å²) in [4.78, 5) is 12.0. The minimum Gasteiger partial charge on any atom is -0.351 e. The molecular weight excluding hydrogens is 381 g/mol. The summed E-state index contributed by atoms with van der Waals surface area (Å²) in [5.41, 5.74) is 0.941. The van der Waals surface area contributed by atoms with Crippen molar-refractivity contribution in [2.24, 2.45) is 5.41 Å². The summed E-state index contributed by atoms with van der Waals surface area (Å²) < 4.78 is 0.804. The predicted octanol–water partition coefficient (Wildman–Crippen LogP) is 4.40. The van der Waals surface area contributed by atoms with Crippen molar-refractivity contribution in [3.63, 3.8) is 0 Å². The van der Waals surface area contributed by atoms with Crippen molar-refractivity contribution >= 4 is 49.4 Å². The van der Waals surface area contributed by atoms with Gasteiger partial charge >= 0.3 is 0 Å². The van der Waals surface area contributed by atoms with Gasteiger partial charge in [0, 0.05) is 21.9 Å². The summed E-state index contributed by atoms with van der Waals surface area (Å²) >= 11 is 12.7. The van der Waals surface area contributed by atoms with E-state index in [0.29, 0.717) is 16.0 Å². The van der Waals surface area contributed by atoms with Crippen LogP contribution in [0.3, 0.4) is 0 Å². The van der Waals surface area contributed by atoms with Crippen LogP contribution in [0.1, 0.15) is 29.6 Å². The van der Waals surface area contributed by atoms with E-state index >= 15 is 0 Å². The van der Waals surface area contributed by atoms with E-state index in [4.69, 9.17) is 11.6 Å². The number of amides is 1. The zero-order chi connectivity index (χ0) is 13.2. The minimum absolute atomic E-state index is 0.0507. The second-order valence-electron chi connectivity index (χ2n) is 4.75. The number of carbonyl (C=O) groups is 1. The molecule has 1 aliphatic carbocycles. The van der Waals surface area contributed by atoms with E-state index < -0.39 is 0 Å². The number of alkyl halides is 1. The van der Waals surface area contributed by atoms with E-state index in [9.17, 15) is 4.79 Å². The van der Waals surface area contributed by atoms with Gasteiger partial charge in [0.1, 0.15) is 0 Å². The van der Waals surface area contributed by atoms with Crippen molar-refractivity contribution in [3.8, 4) is 0 Å². The molecule has 0 radical (unpaired) electrons. The highest BCUT2D eigenvalue weighted by atomic mass is 79.9. The van der Waals surface area contributed by atoms with Crippen molar-refractivity contribution in [2.75, 3.05) is 11.9 Å². The molecule has 1 amide bonds. The highest BCUT2D eigenvalue weighted by Gasteiger charge is 2.41. The molecule has 98 valence electrons. The normalized spacial score (nSPS) is 16.4. The lowest BCUT2D eigenvalue weighted by molar-refractivity contribution is 0.0944. The topological polar surface area (TPSA) is 29.1 Å². The molecular formula is C13H14Br2ClNO. The maximum absolute atomic E-state index is 12.0. The summed E-state index contributed by atoms with van der Waals surface area (Å²) in [6, 6.07) is 5.25. The SMILES string of the molecule is O=C(NCC1(CCBr)CC1)c1ccc(Br)c(Cl)c1. The van der Waals surface area contributed by atoms with Gasteiger partial charge in [0.2, 0.25) is 0 Å². The summed E-state index contributed by atoms with van der Waals surface area (Å²) in [7, 11) is 0. The minimum atomic E-state index is -0.0507. The van der Waals surface area contributed by atoms with Gasteiger partial charge in [-0.2, -0.15) is 0 Å². The third kappa shape index (κ3) is 3.49. The van der Waals surface area contributed by atoms with Crippen LogP contribution in [0.15, 0.2) is 22.7 Å². The fourth-order valence-corrected chi connectivity index (χ4v) is 3.17. The first kappa shape index (κ1) is 14.4. The molecule has 1 aromatic carbocycles. The highest BCUT2D eigenvalue weighted by Crippen LogP contribution is 2.48. The molecule has 5 heteroatoms. The molecule has 1 aliphatic rings. The Morgan fingerprint density at radius 3 is 2.72 bits per heavy atom. The van der Waals surface area contributed by atoms with Crippen LogP contribution in [0, 0.1) is 5.41 Å². The van der Waals surface area contributed by atoms with Crippen molar-refractivity contribution in [1.82, 2.24) is 5.32 Å². The third-order valence-electron chi connectivity index (χ3n) is 3.39. The standard InChI is InChI=1S/C13H14Br2ClNO/c14-6-5-13(3-4-13)8-17-12(18)9-1-2-10(15)11(16)7-9/h1-2,7H,3-6,8H2,(H,17,18). The second-order valence-corrected chi connectivity index (χ2v) is 6.81. The van der Waals surface area contributed by atoms with Crippen LogP contribution in [0.25, 0.3) is 0 Å². The number of hydrogen-bond acceptors (Lipinski definition) is 1. The molecule has 0 saturated heterocycles. The van der Waals surface area contributed by atoms with Gasteiger partial charge in [-0.1, -0.05) is 27.5 Å². The summed E-state index contributed by atoms with van der Waals surface area (Å²) in [5.74, 6) is -0.0507. The molecule has 0 spiro atoms. The fraction of sp³-hybridized carbons (Fsp3) is 0.462. The molecule has 1 aromatic rings. The average molecular weight is 396 g/mol. The van der Waals surface area contributed by atoms with Crippen molar-refractivity contribution in [3.05, 3.63) is 33.3 Å². The molecule has 0 heterocycles. The Morgan fingerprint density at radius 1 is 1.44 bits per heavy atom. The Hall–Kier alpha value is -0.0600. The molecule has 1 N–H and O–H groups in total. The van der Waals surface area contributed by atoms with E-state index in [-0.39, 0.29) is 5.91 Å². The summed E-state index contributed by atoms with van der Waals surface area (Å²) in [6.07, 6.45) is 3.54. The van der Waals surface area contributed by atoms with Gasteiger partial charge in [-0.15, -0.1) is 0 Å². The molecule has 0 atom stereocenters. The Kier molecular flexibility index (Phi) is 4.73. The first-order chi connectivity index (χ1) is 8.56. The first-order valence-electron chi connectivity index (χ1n) is 5.86. The van der Waals surface area contributed by atoms with Crippen LogP contribution >= 0.6 is 43.5 Å². The van der Waals surface area contributed by atoms with Gasteiger partial charge in [-0.3, -0.25) is 4.79 Å². The van der Waals surface area contributed by atoms with E-state index in [1.165, 1.54) is 12.8 Å². The molecule has 1 fully saturated rings. The maximum atomic E-state index is 12.0. The quantitative estimate of drug-likeness (QED) is 0.736. The van der Waals surface area contributed by atoms with Gasteiger partial charge < -0.3 is 5.32 Å². The zero-order valence-electron chi connectivity index (χ0n) is 9.81. The molecule has 18 heavy (non-hydrogen) atoms. The maximum Gasteiger partial charge on any atom is 0.251 e. The largest absolute Gasteiger partial charge is 0.351 e.